The maximum atomic E-state index is 12.9. The summed E-state index contributed by atoms with van der Waals surface area (Å²) in [5, 5.41) is 11.1. The minimum absolute atomic E-state index is 0.0925. The van der Waals surface area contributed by atoms with Crippen molar-refractivity contribution in [1.82, 2.24) is 4.90 Å². The van der Waals surface area contributed by atoms with Crippen molar-refractivity contribution >= 4 is 29.4 Å². The molecule has 25 heavy (non-hydrogen) atoms. The van der Waals surface area contributed by atoms with E-state index in [0.29, 0.717) is 23.7 Å². The Morgan fingerprint density at radius 3 is 2.72 bits per heavy atom. The summed E-state index contributed by atoms with van der Waals surface area (Å²) in [5.74, 6) is -0.0679. The number of benzene rings is 2. The van der Waals surface area contributed by atoms with Gasteiger partial charge in [0.1, 0.15) is 5.76 Å². The van der Waals surface area contributed by atoms with E-state index in [-0.39, 0.29) is 23.3 Å². The maximum Gasteiger partial charge on any atom is 0.259 e. The van der Waals surface area contributed by atoms with Gasteiger partial charge in [0.25, 0.3) is 5.91 Å². The number of fused-ring (bicyclic) bond motifs is 3. The molecule has 1 atom stereocenters. The van der Waals surface area contributed by atoms with Gasteiger partial charge in [-0.25, -0.2) is 0 Å². The van der Waals surface area contributed by atoms with Crippen LogP contribution >= 0.6 is 11.6 Å². The zero-order chi connectivity index (χ0) is 17.4. The maximum absolute atomic E-state index is 12.9. The number of aliphatic hydroxyl groups is 1. The van der Waals surface area contributed by atoms with Crippen LogP contribution in [0, 0.1) is 0 Å². The minimum Gasteiger partial charge on any atom is -0.511 e. The molecule has 2 heterocycles. The summed E-state index contributed by atoms with van der Waals surface area (Å²) in [6.45, 7) is 0.659. The molecule has 2 aliphatic rings. The van der Waals surface area contributed by atoms with Crippen LogP contribution in [-0.4, -0.2) is 28.7 Å². The number of carbonyl (C=O) groups excluding carboxylic acids is 1. The Labute approximate surface area is 151 Å². The SMILES string of the molecule is O=C1C(C=Nc2ccc(Cl)cc2)=C(O)C[C@H]2c3ccccc3CCN12. The summed E-state index contributed by atoms with van der Waals surface area (Å²) in [7, 11) is 0. The van der Waals surface area contributed by atoms with E-state index in [2.05, 4.69) is 11.1 Å². The Bertz CT molecular complexity index is 887. The summed E-state index contributed by atoms with van der Waals surface area (Å²) in [4.78, 5) is 19.0. The fraction of sp³-hybridized carbons (Fsp3) is 0.200. The molecule has 4 rings (SSSR count). The van der Waals surface area contributed by atoms with Gasteiger partial charge >= 0.3 is 0 Å². The monoisotopic (exact) mass is 352 g/mol. The van der Waals surface area contributed by atoms with Crippen LogP contribution in [0.3, 0.4) is 0 Å². The van der Waals surface area contributed by atoms with Crippen molar-refractivity contribution in [2.75, 3.05) is 6.54 Å². The van der Waals surface area contributed by atoms with Gasteiger partial charge in [0.15, 0.2) is 0 Å². The Morgan fingerprint density at radius 1 is 1.16 bits per heavy atom. The minimum atomic E-state index is -0.166. The summed E-state index contributed by atoms with van der Waals surface area (Å²) < 4.78 is 0. The van der Waals surface area contributed by atoms with Crippen molar-refractivity contribution in [3.05, 3.63) is 76.0 Å². The van der Waals surface area contributed by atoms with E-state index in [1.165, 1.54) is 11.8 Å². The molecule has 4 nitrogen and oxygen atoms in total. The van der Waals surface area contributed by atoms with Crippen LogP contribution < -0.4 is 0 Å². The van der Waals surface area contributed by atoms with Crippen LogP contribution in [0.5, 0.6) is 0 Å². The zero-order valence-electron chi connectivity index (χ0n) is 13.5. The molecule has 126 valence electrons. The lowest BCUT2D eigenvalue weighted by molar-refractivity contribution is -0.130. The van der Waals surface area contributed by atoms with Crippen LogP contribution in [0.2, 0.25) is 5.02 Å². The van der Waals surface area contributed by atoms with E-state index in [1.54, 1.807) is 24.3 Å². The standard InChI is InChI=1S/C20H17ClN2O2/c21-14-5-7-15(8-6-14)22-12-17-19(24)11-18-16-4-2-1-3-13(16)9-10-23(18)20(17)25/h1-8,12,18,24H,9-11H2/t18-/m0/s1. The second-order valence-electron chi connectivity index (χ2n) is 6.26. The third-order valence-corrected chi connectivity index (χ3v) is 5.02. The summed E-state index contributed by atoms with van der Waals surface area (Å²) in [6, 6.07) is 15.0. The zero-order valence-corrected chi connectivity index (χ0v) is 14.3. The lowest BCUT2D eigenvalue weighted by atomic mass is 9.86. The van der Waals surface area contributed by atoms with Crippen LogP contribution in [0.15, 0.2) is 64.9 Å². The predicted octanol–water partition coefficient (Wildman–Crippen LogP) is 4.38. The van der Waals surface area contributed by atoms with Gasteiger partial charge in [-0.2, -0.15) is 0 Å². The first-order valence-electron chi connectivity index (χ1n) is 8.24. The lowest BCUT2D eigenvalue weighted by Crippen LogP contribution is -2.44. The molecule has 0 aromatic heterocycles. The molecule has 2 aromatic carbocycles. The van der Waals surface area contributed by atoms with E-state index in [0.717, 1.165) is 12.0 Å². The number of halogens is 1. The third kappa shape index (κ3) is 2.94. The van der Waals surface area contributed by atoms with E-state index in [1.807, 2.05) is 23.1 Å². The van der Waals surface area contributed by atoms with Gasteiger partial charge in [-0.15, -0.1) is 0 Å². The fourth-order valence-corrected chi connectivity index (χ4v) is 3.61. The molecule has 0 spiro atoms. The molecule has 0 radical (unpaired) electrons. The highest BCUT2D eigenvalue weighted by Gasteiger charge is 2.37. The van der Waals surface area contributed by atoms with Crippen molar-refractivity contribution in [2.24, 2.45) is 4.99 Å². The molecule has 0 unspecified atom stereocenters. The average Bonchev–Trinajstić information content (AvgIpc) is 2.63. The van der Waals surface area contributed by atoms with Crippen molar-refractivity contribution in [3.63, 3.8) is 0 Å². The van der Waals surface area contributed by atoms with Gasteiger partial charge < -0.3 is 10.0 Å². The van der Waals surface area contributed by atoms with E-state index in [4.69, 9.17) is 11.6 Å². The fourth-order valence-electron chi connectivity index (χ4n) is 3.48. The highest BCUT2D eigenvalue weighted by molar-refractivity contribution is 6.30. The number of hydrogen-bond donors (Lipinski definition) is 1. The molecule has 2 aromatic rings. The summed E-state index contributed by atoms with van der Waals surface area (Å²) >= 11 is 5.86. The van der Waals surface area contributed by atoms with E-state index in [9.17, 15) is 9.90 Å². The number of hydrogen-bond acceptors (Lipinski definition) is 3. The molecule has 0 bridgehead atoms. The van der Waals surface area contributed by atoms with E-state index < -0.39 is 0 Å². The van der Waals surface area contributed by atoms with E-state index >= 15 is 0 Å². The van der Waals surface area contributed by atoms with Crippen molar-refractivity contribution in [1.29, 1.82) is 0 Å². The van der Waals surface area contributed by atoms with Gasteiger partial charge in [0.2, 0.25) is 0 Å². The molecular formula is C20H17ClN2O2. The molecule has 0 aliphatic carbocycles. The average molecular weight is 353 g/mol. The third-order valence-electron chi connectivity index (χ3n) is 4.77. The molecule has 0 saturated carbocycles. The number of amides is 1. The van der Waals surface area contributed by atoms with Gasteiger partial charge in [0, 0.05) is 24.2 Å². The highest BCUT2D eigenvalue weighted by Crippen LogP contribution is 2.38. The Kier molecular flexibility index (Phi) is 4.06. The number of aliphatic imine (C=N–C) groups is 1. The first kappa shape index (κ1) is 15.9. The molecule has 0 saturated heterocycles. The Balaban J connectivity index is 1.64. The lowest BCUT2D eigenvalue weighted by Gasteiger charge is -2.40. The number of carbonyl (C=O) groups is 1. The molecule has 5 heteroatoms. The molecule has 2 aliphatic heterocycles. The summed E-state index contributed by atoms with van der Waals surface area (Å²) in [6.07, 6.45) is 2.71. The van der Waals surface area contributed by atoms with Crippen LogP contribution in [-0.2, 0) is 11.2 Å². The van der Waals surface area contributed by atoms with Crippen molar-refractivity contribution in [2.45, 2.75) is 18.9 Å². The topological polar surface area (TPSA) is 52.9 Å². The Morgan fingerprint density at radius 2 is 1.92 bits per heavy atom. The van der Waals surface area contributed by atoms with Crippen LogP contribution in [0.25, 0.3) is 0 Å². The first-order valence-corrected chi connectivity index (χ1v) is 8.62. The molecule has 0 fully saturated rings. The van der Waals surface area contributed by atoms with Crippen LogP contribution in [0.1, 0.15) is 23.6 Å². The quantitative estimate of drug-likeness (QED) is 0.815. The van der Waals surface area contributed by atoms with Crippen LogP contribution in [0.4, 0.5) is 5.69 Å². The smallest absolute Gasteiger partial charge is 0.259 e. The normalized spacial score (nSPS) is 20.0. The van der Waals surface area contributed by atoms with Gasteiger partial charge in [-0.3, -0.25) is 9.79 Å². The van der Waals surface area contributed by atoms with Gasteiger partial charge in [-0.1, -0.05) is 35.9 Å². The largest absolute Gasteiger partial charge is 0.511 e. The van der Waals surface area contributed by atoms with Crippen molar-refractivity contribution in [3.8, 4) is 0 Å². The van der Waals surface area contributed by atoms with Gasteiger partial charge in [-0.05, 0) is 41.8 Å². The second kappa shape index (κ2) is 6.37. The molecule has 1 amide bonds. The molecular weight excluding hydrogens is 336 g/mol. The predicted molar refractivity (Wildman–Crippen MR) is 98.5 cm³/mol. The molecule has 1 N–H and O–H groups in total. The van der Waals surface area contributed by atoms with Gasteiger partial charge in [0.05, 0.1) is 17.3 Å². The second-order valence-corrected chi connectivity index (χ2v) is 6.70. The summed E-state index contributed by atoms with van der Waals surface area (Å²) in [5.41, 5.74) is 3.33. The first-order chi connectivity index (χ1) is 12.1. The Hall–Kier alpha value is -2.59. The van der Waals surface area contributed by atoms with Crippen molar-refractivity contribution < 1.29 is 9.90 Å². The number of nitrogens with zero attached hydrogens (tertiary/aromatic N) is 2. The number of rotatable bonds is 2. The number of aliphatic hydroxyl groups excluding tert-OH is 1. The highest BCUT2D eigenvalue weighted by atomic mass is 35.5.